The third-order valence-electron chi connectivity index (χ3n) is 3.70. The minimum absolute atomic E-state index is 0.215. The van der Waals surface area contributed by atoms with Crippen molar-refractivity contribution in [3.63, 3.8) is 0 Å². The van der Waals surface area contributed by atoms with Crippen molar-refractivity contribution < 1.29 is 9.21 Å². The number of amides is 1. The van der Waals surface area contributed by atoms with Crippen LogP contribution >= 0.6 is 0 Å². The Balaban J connectivity index is 2.10. The summed E-state index contributed by atoms with van der Waals surface area (Å²) >= 11 is 0. The molecule has 0 aromatic carbocycles. The molecule has 1 aromatic rings. The average molecular weight is 249 g/mol. The van der Waals surface area contributed by atoms with Crippen LogP contribution in [0.3, 0.4) is 0 Å². The maximum absolute atomic E-state index is 12.5. The summed E-state index contributed by atoms with van der Waals surface area (Å²) in [5, 5.41) is 0. The first-order chi connectivity index (χ1) is 8.72. The molecule has 0 unspecified atom stereocenters. The molecular weight excluding hydrogens is 226 g/mol. The standard InChI is InChI=1S/C15H23NO2/c1-3-4-11-16(14-10-9-12(2)18-14)15(17)13-7-5-6-8-13/h9-10,13H,3-8,11H2,1-2H3. The second-order valence-corrected chi connectivity index (χ2v) is 5.21. The van der Waals surface area contributed by atoms with Crippen LogP contribution in [0.4, 0.5) is 5.88 Å². The van der Waals surface area contributed by atoms with Gasteiger partial charge in [0.2, 0.25) is 11.8 Å². The number of hydrogen-bond acceptors (Lipinski definition) is 2. The number of hydrogen-bond donors (Lipinski definition) is 0. The molecule has 1 aliphatic rings. The molecule has 1 heterocycles. The number of aryl methyl sites for hydroxylation is 1. The zero-order chi connectivity index (χ0) is 13.0. The molecule has 0 spiro atoms. The summed E-state index contributed by atoms with van der Waals surface area (Å²) in [7, 11) is 0. The van der Waals surface area contributed by atoms with Gasteiger partial charge in [-0.25, -0.2) is 0 Å². The normalized spacial score (nSPS) is 16.1. The Kier molecular flexibility index (Phi) is 4.45. The molecule has 18 heavy (non-hydrogen) atoms. The summed E-state index contributed by atoms with van der Waals surface area (Å²) in [6.07, 6.45) is 6.58. The number of anilines is 1. The Morgan fingerprint density at radius 3 is 2.67 bits per heavy atom. The lowest BCUT2D eigenvalue weighted by atomic mass is 10.1. The SMILES string of the molecule is CCCCN(C(=O)C1CCCC1)c1ccc(C)o1. The summed E-state index contributed by atoms with van der Waals surface area (Å²) in [4.78, 5) is 14.4. The van der Waals surface area contributed by atoms with Gasteiger partial charge in [-0.1, -0.05) is 26.2 Å². The van der Waals surface area contributed by atoms with Gasteiger partial charge in [-0.3, -0.25) is 9.69 Å². The summed E-state index contributed by atoms with van der Waals surface area (Å²) in [5.74, 6) is 2.06. The van der Waals surface area contributed by atoms with E-state index in [1.807, 2.05) is 24.0 Å². The van der Waals surface area contributed by atoms with Crippen molar-refractivity contribution in [2.75, 3.05) is 11.4 Å². The molecular formula is C15H23NO2. The van der Waals surface area contributed by atoms with Crippen molar-refractivity contribution in [2.24, 2.45) is 5.92 Å². The Hall–Kier alpha value is -1.25. The van der Waals surface area contributed by atoms with Gasteiger partial charge in [-0.05, 0) is 32.3 Å². The predicted molar refractivity (Wildman–Crippen MR) is 72.7 cm³/mol. The van der Waals surface area contributed by atoms with Gasteiger partial charge < -0.3 is 4.42 Å². The lowest BCUT2D eigenvalue weighted by Crippen LogP contribution is -2.35. The highest BCUT2D eigenvalue weighted by Crippen LogP contribution is 2.29. The molecule has 0 saturated heterocycles. The van der Waals surface area contributed by atoms with Crippen LogP contribution in [-0.4, -0.2) is 12.5 Å². The maximum atomic E-state index is 12.5. The van der Waals surface area contributed by atoms with Crippen molar-refractivity contribution in [1.82, 2.24) is 0 Å². The molecule has 0 N–H and O–H groups in total. The summed E-state index contributed by atoms with van der Waals surface area (Å²) in [6.45, 7) is 4.84. The highest BCUT2D eigenvalue weighted by molar-refractivity contribution is 5.93. The van der Waals surface area contributed by atoms with E-state index in [0.717, 1.165) is 43.9 Å². The van der Waals surface area contributed by atoms with Crippen molar-refractivity contribution in [2.45, 2.75) is 52.4 Å². The first kappa shape index (κ1) is 13.2. The van der Waals surface area contributed by atoms with E-state index < -0.39 is 0 Å². The van der Waals surface area contributed by atoms with E-state index in [9.17, 15) is 4.79 Å². The van der Waals surface area contributed by atoms with E-state index >= 15 is 0 Å². The van der Waals surface area contributed by atoms with E-state index in [-0.39, 0.29) is 11.8 Å². The zero-order valence-electron chi connectivity index (χ0n) is 11.4. The lowest BCUT2D eigenvalue weighted by Gasteiger charge is -2.23. The highest BCUT2D eigenvalue weighted by atomic mass is 16.4. The Bertz CT molecular complexity index is 391. The molecule has 3 nitrogen and oxygen atoms in total. The van der Waals surface area contributed by atoms with Crippen LogP contribution in [0.1, 0.15) is 51.2 Å². The molecule has 0 bridgehead atoms. The van der Waals surface area contributed by atoms with Crippen molar-refractivity contribution in [1.29, 1.82) is 0 Å². The van der Waals surface area contributed by atoms with Gasteiger partial charge in [0.25, 0.3) is 0 Å². The lowest BCUT2D eigenvalue weighted by molar-refractivity contribution is -0.122. The maximum Gasteiger partial charge on any atom is 0.232 e. The molecule has 1 saturated carbocycles. The second-order valence-electron chi connectivity index (χ2n) is 5.21. The van der Waals surface area contributed by atoms with Gasteiger partial charge in [0.05, 0.1) is 0 Å². The van der Waals surface area contributed by atoms with Gasteiger partial charge in [0.1, 0.15) is 5.76 Å². The Morgan fingerprint density at radius 2 is 2.11 bits per heavy atom. The molecule has 0 aliphatic heterocycles. The van der Waals surface area contributed by atoms with Crippen LogP contribution in [0.2, 0.25) is 0 Å². The van der Waals surface area contributed by atoms with E-state index in [1.54, 1.807) is 0 Å². The third kappa shape index (κ3) is 2.95. The highest BCUT2D eigenvalue weighted by Gasteiger charge is 2.29. The van der Waals surface area contributed by atoms with Gasteiger partial charge in [-0.2, -0.15) is 0 Å². The largest absolute Gasteiger partial charge is 0.445 e. The van der Waals surface area contributed by atoms with Crippen molar-refractivity contribution >= 4 is 11.8 Å². The minimum Gasteiger partial charge on any atom is -0.445 e. The van der Waals surface area contributed by atoms with Crippen LogP contribution < -0.4 is 4.90 Å². The topological polar surface area (TPSA) is 33.5 Å². The molecule has 1 amide bonds. The first-order valence-corrected chi connectivity index (χ1v) is 7.10. The van der Waals surface area contributed by atoms with Crippen LogP contribution in [0.15, 0.2) is 16.5 Å². The van der Waals surface area contributed by atoms with Gasteiger partial charge in [0, 0.05) is 18.5 Å². The van der Waals surface area contributed by atoms with E-state index in [1.165, 1.54) is 12.8 Å². The molecule has 0 radical (unpaired) electrons. The van der Waals surface area contributed by atoms with Crippen LogP contribution in [0.25, 0.3) is 0 Å². The monoisotopic (exact) mass is 249 g/mol. The van der Waals surface area contributed by atoms with Crippen LogP contribution in [-0.2, 0) is 4.79 Å². The molecule has 1 fully saturated rings. The quantitative estimate of drug-likeness (QED) is 0.792. The number of carbonyl (C=O) groups excluding carboxylic acids is 1. The molecule has 100 valence electrons. The average Bonchev–Trinajstić information content (AvgIpc) is 3.00. The summed E-state index contributed by atoms with van der Waals surface area (Å²) < 4.78 is 5.63. The van der Waals surface area contributed by atoms with Gasteiger partial charge in [0.15, 0.2) is 0 Å². The predicted octanol–water partition coefficient (Wildman–Crippen LogP) is 3.91. The molecule has 1 aliphatic carbocycles. The number of nitrogens with zero attached hydrogens (tertiary/aromatic N) is 1. The molecule has 3 heteroatoms. The number of rotatable bonds is 5. The second kappa shape index (κ2) is 6.07. The Labute approximate surface area is 109 Å². The summed E-state index contributed by atoms with van der Waals surface area (Å²) in [6, 6.07) is 3.84. The molecule has 1 aromatic heterocycles. The van der Waals surface area contributed by atoms with E-state index in [2.05, 4.69) is 6.92 Å². The van der Waals surface area contributed by atoms with E-state index in [4.69, 9.17) is 4.42 Å². The Morgan fingerprint density at radius 1 is 1.39 bits per heavy atom. The van der Waals surface area contributed by atoms with Crippen molar-refractivity contribution in [3.05, 3.63) is 17.9 Å². The fraction of sp³-hybridized carbons (Fsp3) is 0.667. The van der Waals surface area contributed by atoms with Crippen LogP contribution in [0, 0.1) is 12.8 Å². The number of furan rings is 1. The molecule has 2 rings (SSSR count). The van der Waals surface area contributed by atoms with Crippen LogP contribution in [0.5, 0.6) is 0 Å². The minimum atomic E-state index is 0.215. The third-order valence-corrected chi connectivity index (χ3v) is 3.70. The summed E-state index contributed by atoms with van der Waals surface area (Å²) in [5.41, 5.74) is 0. The molecule has 0 atom stereocenters. The van der Waals surface area contributed by atoms with Crippen molar-refractivity contribution in [3.8, 4) is 0 Å². The fourth-order valence-corrected chi connectivity index (χ4v) is 2.61. The smallest absolute Gasteiger partial charge is 0.232 e. The fourth-order valence-electron chi connectivity index (χ4n) is 2.61. The van der Waals surface area contributed by atoms with Gasteiger partial charge in [-0.15, -0.1) is 0 Å². The number of unbranched alkanes of at least 4 members (excludes halogenated alkanes) is 1. The zero-order valence-corrected chi connectivity index (χ0v) is 11.4. The first-order valence-electron chi connectivity index (χ1n) is 7.10. The van der Waals surface area contributed by atoms with E-state index in [0.29, 0.717) is 0 Å². The van der Waals surface area contributed by atoms with Gasteiger partial charge >= 0.3 is 0 Å². The number of carbonyl (C=O) groups is 1.